The molecule has 1 aromatic heterocycles. The summed E-state index contributed by atoms with van der Waals surface area (Å²) in [6.07, 6.45) is 0. The predicted molar refractivity (Wildman–Crippen MR) is 292 cm³/mol. The maximum Gasteiger partial charge on any atom is 0.333 e. The van der Waals surface area contributed by atoms with Crippen LogP contribution in [-0.2, 0) is 16.2 Å². The van der Waals surface area contributed by atoms with Gasteiger partial charge in [-0.25, -0.2) is 0 Å². The molecule has 0 N–H and O–H groups in total. The lowest BCUT2D eigenvalue weighted by molar-refractivity contribution is 0.589. The van der Waals surface area contributed by atoms with Gasteiger partial charge < -0.3 is 14.3 Å². The fourth-order valence-corrected chi connectivity index (χ4v) is 11.3. The van der Waals surface area contributed by atoms with Gasteiger partial charge in [0.15, 0.2) is 0 Å². The molecule has 68 heavy (non-hydrogen) atoms. The van der Waals surface area contributed by atoms with Crippen LogP contribution in [0.4, 0.5) is 28.4 Å². The second kappa shape index (κ2) is 15.1. The van der Waals surface area contributed by atoms with Gasteiger partial charge in [-0.3, -0.25) is 0 Å². The second-order valence-corrected chi connectivity index (χ2v) is 22.2. The van der Waals surface area contributed by atoms with E-state index in [9.17, 15) is 0 Å². The molecule has 0 atom stereocenters. The molecular formula is C64H58BN3. The smallest absolute Gasteiger partial charge is 0.333 e. The molecule has 3 nitrogen and oxygen atoms in total. The van der Waals surface area contributed by atoms with Gasteiger partial charge in [-0.05, 0) is 121 Å². The lowest BCUT2D eigenvalue weighted by Gasteiger charge is -2.43. The van der Waals surface area contributed by atoms with Crippen molar-refractivity contribution in [2.24, 2.45) is 0 Å². The van der Waals surface area contributed by atoms with Gasteiger partial charge in [0.05, 0.1) is 17.1 Å². The number of hydrogen-bond acceptors (Lipinski definition) is 2. The van der Waals surface area contributed by atoms with Crippen molar-refractivity contribution in [2.45, 2.75) is 78.6 Å². The van der Waals surface area contributed by atoms with Crippen LogP contribution in [-0.4, -0.2) is 11.3 Å². The van der Waals surface area contributed by atoms with Crippen LogP contribution in [0.25, 0.3) is 55.6 Å². The SMILES string of the molecule is CC(C)(C)c1ccc(N2C3=C(B4c5c(cc(C(C)(C)C)cc52)-c2cc(C(C)(C)C)cc5c(-c6ccccc6)c(-c6ccccc6)n4c25)c2ccccc2N(c2ccccc2)c2ccccc23)cc1. The summed E-state index contributed by atoms with van der Waals surface area (Å²) in [5.41, 5.74) is 24.7. The van der Waals surface area contributed by atoms with Gasteiger partial charge in [0.25, 0.3) is 0 Å². The van der Waals surface area contributed by atoms with Gasteiger partial charge in [-0.2, -0.15) is 0 Å². The topological polar surface area (TPSA) is 11.4 Å². The summed E-state index contributed by atoms with van der Waals surface area (Å²) >= 11 is 0. The van der Waals surface area contributed by atoms with Crippen LogP contribution in [0.5, 0.6) is 0 Å². The van der Waals surface area contributed by atoms with Crippen molar-refractivity contribution in [3.63, 3.8) is 0 Å². The zero-order chi connectivity index (χ0) is 46.9. The molecule has 4 heterocycles. The van der Waals surface area contributed by atoms with Gasteiger partial charge in [0, 0.05) is 50.3 Å². The number of benzene rings is 8. The number of para-hydroxylation sites is 3. The minimum atomic E-state index is -0.206. The Bertz CT molecular complexity index is 3490. The van der Waals surface area contributed by atoms with E-state index in [1.54, 1.807) is 0 Å². The van der Waals surface area contributed by atoms with Gasteiger partial charge in [-0.15, -0.1) is 0 Å². The van der Waals surface area contributed by atoms with Gasteiger partial charge in [-0.1, -0.05) is 196 Å². The first-order valence-corrected chi connectivity index (χ1v) is 24.4. The zero-order valence-corrected chi connectivity index (χ0v) is 40.8. The first kappa shape index (κ1) is 42.1. The molecular weight excluding hydrogens is 822 g/mol. The van der Waals surface area contributed by atoms with Crippen LogP contribution in [0, 0.1) is 0 Å². The van der Waals surface area contributed by atoms with E-state index in [4.69, 9.17) is 0 Å². The Kier molecular flexibility index (Phi) is 9.35. The van der Waals surface area contributed by atoms with Gasteiger partial charge >= 0.3 is 6.85 Å². The highest BCUT2D eigenvalue weighted by molar-refractivity contribution is 6.95. The molecule has 0 radical (unpaired) electrons. The molecule has 3 aliphatic heterocycles. The molecule has 0 fully saturated rings. The molecule has 0 aliphatic carbocycles. The first-order valence-electron chi connectivity index (χ1n) is 24.4. The Labute approximate surface area is 403 Å². The molecule has 332 valence electrons. The molecule has 0 saturated heterocycles. The highest BCUT2D eigenvalue weighted by Crippen LogP contribution is 2.57. The van der Waals surface area contributed by atoms with Gasteiger partial charge in [0.2, 0.25) is 0 Å². The Morgan fingerprint density at radius 1 is 0.382 bits per heavy atom. The first-order chi connectivity index (χ1) is 32.7. The molecule has 9 aromatic rings. The molecule has 8 aromatic carbocycles. The van der Waals surface area contributed by atoms with Crippen molar-refractivity contribution in [1.29, 1.82) is 0 Å². The molecule has 0 spiro atoms. The summed E-state index contributed by atoms with van der Waals surface area (Å²) in [4.78, 5) is 5.15. The van der Waals surface area contributed by atoms with Crippen molar-refractivity contribution in [3.05, 3.63) is 216 Å². The van der Waals surface area contributed by atoms with E-state index in [-0.39, 0.29) is 23.1 Å². The number of rotatable bonds is 4. The normalized spacial score (nSPS) is 14.1. The Morgan fingerprint density at radius 2 is 0.882 bits per heavy atom. The van der Waals surface area contributed by atoms with E-state index < -0.39 is 0 Å². The van der Waals surface area contributed by atoms with E-state index in [2.05, 4.69) is 265 Å². The highest BCUT2D eigenvalue weighted by Gasteiger charge is 2.49. The third kappa shape index (κ3) is 6.40. The number of hydrogen-bond donors (Lipinski definition) is 0. The Hall–Kier alpha value is -7.30. The average Bonchev–Trinajstić information content (AvgIpc) is 3.62. The van der Waals surface area contributed by atoms with E-state index in [0.29, 0.717) is 0 Å². The summed E-state index contributed by atoms with van der Waals surface area (Å²) in [5, 5.41) is 1.29. The fourth-order valence-electron chi connectivity index (χ4n) is 11.3. The van der Waals surface area contributed by atoms with Crippen molar-refractivity contribution in [2.75, 3.05) is 9.80 Å². The quantitative estimate of drug-likeness (QED) is 0.163. The van der Waals surface area contributed by atoms with E-state index >= 15 is 0 Å². The number of aromatic nitrogens is 1. The summed E-state index contributed by atoms with van der Waals surface area (Å²) in [5.74, 6) is 0. The minimum Gasteiger partial charge on any atom is -0.375 e. The number of fused-ring (bicyclic) bond motifs is 7. The lowest BCUT2D eigenvalue weighted by atomic mass is 9.42. The van der Waals surface area contributed by atoms with E-state index in [1.807, 2.05) is 0 Å². The van der Waals surface area contributed by atoms with Crippen molar-refractivity contribution in [1.82, 2.24) is 4.48 Å². The summed E-state index contributed by atoms with van der Waals surface area (Å²) < 4.78 is 2.78. The maximum atomic E-state index is 2.78. The third-order valence-corrected chi connectivity index (χ3v) is 14.8. The fraction of sp³-hybridized carbons (Fsp3) is 0.188. The summed E-state index contributed by atoms with van der Waals surface area (Å²) in [6, 6.07) is 71.3. The predicted octanol–water partition coefficient (Wildman–Crippen LogP) is 16.6. The third-order valence-electron chi connectivity index (χ3n) is 14.8. The molecule has 0 unspecified atom stereocenters. The summed E-state index contributed by atoms with van der Waals surface area (Å²) in [7, 11) is 0. The van der Waals surface area contributed by atoms with E-state index in [1.165, 1.54) is 94.6 Å². The maximum absolute atomic E-state index is 2.78. The van der Waals surface area contributed by atoms with Gasteiger partial charge in [0.1, 0.15) is 0 Å². The van der Waals surface area contributed by atoms with E-state index in [0.717, 1.165) is 22.7 Å². The van der Waals surface area contributed by atoms with Crippen LogP contribution < -0.4 is 15.3 Å². The van der Waals surface area contributed by atoms with Crippen LogP contribution in [0.15, 0.2) is 188 Å². The molecule has 0 bridgehead atoms. The lowest BCUT2D eigenvalue weighted by Crippen LogP contribution is -2.50. The van der Waals surface area contributed by atoms with Crippen LogP contribution in [0.3, 0.4) is 0 Å². The number of nitrogens with zero attached hydrogens (tertiary/aromatic N) is 3. The molecule has 12 rings (SSSR count). The molecule has 0 amide bonds. The number of anilines is 5. The molecule has 0 saturated carbocycles. The Morgan fingerprint density at radius 3 is 1.50 bits per heavy atom. The highest BCUT2D eigenvalue weighted by atomic mass is 15.2. The van der Waals surface area contributed by atoms with Crippen LogP contribution in [0.1, 0.15) is 90.1 Å². The van der Waals surface area contributed by atoms with Crippen molar-refractivity contribution < 1.29 is 0 Å². The Balaban J connectivity index is 1.34. The van der Waals surface area contributed by atoms with Crippen molar-refractivity contribution in [3.8, 4) is 33.5 Å². The average molecular weight is 880 g/mol. The monoisotopic (exact) mass is 879 g/mol. The largest absolute Gasteiger partial charge is 0.375 e. The molecule has 4 heteroatoms. The van der Waals surface area contributed by atoms with Crippen LogP contribution in [0.2, 0.25) is 0 Å². The minimum absolute atomic E-state index is 0.00385. The zero-order valence-electron chi connectivity index (χ0n) is 40.8. The van der Waals surface area contributed by atoms with Crippen LogP contribution >= 0.6 is 0 Å². The van der Waals surface area contributed by atoms with Crippen molar-refractivity contribution >= 4 is 62.8 Å². The molecule has 3 aliphatic rings. The standard InChI is InChI=1S/C64H58BN3/c1-62(2,3)43-33-35-47(36-34-43)67-55-40-45(64(7,8)9)37-50-51-38-44(63(4,5)6)39-52-56(41-23-13-10-14-24-41)59(42-25-15-11-16-26-42)68(60(51)52)65(57(50)55)58-48-29-19-21-31-53(48)66(46-27-17-12-18-28-46)54-32-22-20-30-49(54)61(58)67/h10-40H,1-9H3. The summed E-state index contributed by atoms with van der Waals surface area (Å²) in [6.45, 7) is 20.9. The second-order valence-electron chi connectivity index (χ2n) is 22.2.